The molecule has 0 aromatic rings. The maximum Gasteiger partial charge on any atom is 0.426 e. The highest BCUT2D eigenvalue weighted by Gasteiger charge is 2.14. The van der Waals surface area contributed by atoms with E-state index < -0.39 is 12.2 Å². The van der Waals surface area contributed by atoms with Crippen LogP contribution in [0.3, 0.4) is 0 Å². The van der Waals surface area contributed by atoms with E-state index in [2.05, 4.69) is 13.8 Å². The predicted octanol–water partition coefficient (Wildman–Crippen LogP) is 2.92. The zero-order chi connectivity index (χ0) is 18.4. The summed E-state index contributed by atoms with van der Waals surface area (Å²) in [6.45, 7) is 9.50. The summed E-state index contributed by atoms with van der Waals surface area (Å²) in [5.74, 6) is 0.0914. The summed E-state index contributed by atoms with van der Waals surface area (Å²) >= 11 is 0. The number of ether oxygens (including phenoxy) is 3. The minimum absolute atomic E-state index is 0.0914. The average Bonchev–Trinajstić information content (AvgIpc) is 2.56. The van der Waals surface area contributed by atoms with Crippen molar-refractivity contribution in [2.24, 2.45) is 5.92 Å². The quantitative estimate of drug-likeness (QED) is 0.468. The van der Waals surface area contributed by atoms with Crippen LogP contribution in [0.5, 0.6) is 0 Å². The molecule has 0 radical (unpaired) electrons. The second-order valence-electron chi connectivity index (χ2n) is 5.78. The second-order valence-corrected chi connectivity index (χ2v) is 5.78. The van der Waals surface area contributed by atoms with Gasteiger partial charge in [0.1, 0.15) is 0 Å². The van der Waals surface area contributed by atoms with E-state index in [1.807, 2.05) is 19.3 Å². The second kappa shape index (κ2) is 13.9. The molecule has 0 aliphatic heterocycles. The molecule has 0 saturated carbocycles. The molecule has 0 aromatic carbocycles. The van der Waals surface area contributed by atoms with Crippen LogP contribution >= 0.6 is 0 Å². The Bertz CT molecular complexity index is 337. The summed E-state index contributed by atoms with van der Waals surface area (Å²) in [5, 5.41) is 8.41. The van der Waals surface area contributed by atoms with Crippen molar-refractivity contribution in [1.29, 1.82) is 0 Å². The Labute approximate surface area is 144 Å². The first kappa shape index (κ1) is 22.5. The highest BCUT2D eigenvalue weighted by atomic mass is 16.6. The van der Waals surface area contributed by atoms with Crippen LogP contribution < -0.4 is 10.9 Å². The molecule has 2 unspecified atom stereocenters. The minimum Gasteiger partial charge on any atom is -0.464 e. The number of carbonyl (C=O) groups is 2. The molecule has 3 N–H and O–H groups in total. The predicted molar refractivity (Wildman–Crippen MR) is 89.8 cm³/mol. The Morgan fingerprint density at radius 1 is 0.958 bits per heavy atom. The molecule has 0 aliphatic carbocycles. The lowest BCUT2D eigenvalue weighted by atomic mass is 10.0. The van der Waals surface area contributed by atoms with E-state index in [-0.39, 0.29) is 24.7 Å². The Hall–Kier alpha value is -1.54. The molecule has 8 nitrogen and oxygen atoms in total. The third kappa shape index (κ3) is 13.0. The minimum atomic E-state index is -1.35. The number of amides is 2. The molecule has 0 rings (SSSR count). The summed E-state index contributed by atoms with van der Waals surface area (Å²) in [4.78, 5) is 21.7. The van der Waals surface area contributed by atoms with E-state index in [9.17, 15) is 9.59 Å². The molecule has 0 fully saturated rings. The normalized spacial score (nSPS) is 14.5. The van der Waals surface area contributed by atoms with Crippen LogP contribution in [-0.4, -0.2) is 49.3 Å². The van der Waals surface area contributed by atoms with Crippen LogP contribution in [0, 0.1) is 5.92 Å². The molecule has 0 aromatic heterocycles. The molecule has 0 saturated heterocycles. The van der Waals surface area contributed by atoms with Gasteiger partial charge in [0.25, 0.3) is 0 Å². The number of carboxylic acid groups (broad SMARTS) is 1. The van der Waals surface area contributed by atoms with Crippen molar-refractivity contribution in [3.05, 3.63) is 0 Å². The molecular formula is C16H32N2O6. The van der Waals surface area contributed by atoms with Gasteiger partial charge in [0, 0.05) is 13.2 Å². The van der Waals surface area contributed by atoms with Crippen molar-refractivity contribution >= 4 is 12.2 Å². The fraction of sp³-hybridized carbons (Fsp3) is 0.875. The SMILES string of the molecule is CCC(C)OCCC(CCOC(C)CC)COC(=O)NNC(=O)O. The van der Waals surface area contributed by atoms with Gasteiger partial charge in [-0.1, -0.05) is 13.8 Å². The van der Waals surface area contributed by atoms with E-state index in [0.717, 1.165) is 25.7 Å². The molecule has 142 valence electrons. The Balaban J connectivity index is 4.18. The standard InChI is InChI=1S/C16H32N2O6/c1-5-12(3)22-9-7-14(8-10-23-13(4)6-2)11-24-16(21)18-17-15(19)20/h12-14,17H,5-11H2,1-4H3,(H,18,21)(H,19,20). The Morgan fingerprint density at radius 3 is 1.88 bits per heavy atom. The molecule has 0 spiro atoms. The van der Waals surface area contributed by atoms with Crippen molar-refractivity contribution in [3.8, 4) is 0 Å². The summed E-state index contributed by atoms with van der Waals surface area (Å²) in [6, 6.07) is 0. The van der Waals surface area contributed by atoms with E-state index in [4.69, 9.17) is 19.3 Å². The van der Waals surface area contributed by atoms with Crippen molar-refractivity contribution in [2.45, 2.75) is 65.6 Å². The van der Waals surface area contributed by atoms with Crippen molar-refractivity contribution in [3.63, 3.8) is 0 Å². The first-order valence-electron chi connectivity index (χ1n) is 8.53. The molecule has 8 heteroatoms. The van der Waals surface area contributed by atoms with Gasteiger partial charge < -0.3 is 19.3 Å². The molecule has 2 amide bonds. The fourth-order valence-corrected chi connectivity index (χ4v) is 1.75. The van der Waals surface area contributed by atoms with Gasteiger partial charge in [0.05, 0.1) is 18.8 Å². The Morgan fingerprint density at radius 2 is 1.46 bits per heavy atom. The van der Waals surface area contributed by atoms with Crippen molar-refractivity contribution in [2.75, 3.05) is 19.8 Å². The van der Waals surface area contributed by atoms with Gasteiger partial charge in [-0.05, 0) is 45.4 Å². The lowest BCUT2D eigenvalue weighted by molar-refractivity contribution is 0.0243. The van der Waals surface area contributed by atoms with Crippen LogP contribution in [-0.2, 0) is 14.2 Å². The zero-order valence-corrected chi connectivity index (χ0v) is 15.2. The first-order valence-corrected chi connectivity index (χ1v) is 8.53. The van der Waals surface area contributed by atoms with Crippen LogP contribution in [0.2, 0.25) is 0 Å². The van der Waals surface area contributed by atoms with E-state index in [1.165, 1.54) is 0 Å². The summed E-state index contributed by atoms with van der Waals surface area (Å²) in [5.41, 5.74) is 3.67. The van der Waals surface area contributed by atoms with Crippen LogP contribution in [0.4, 0.5) is 9.59 Å². The molecule has 0 aliphatic rings. The third-order valence-electron chi connectivity index (χ3n) is 3.73. The molecular weight excluding hydrogens is 316 g/mol. The maximum atomic E-state index is 11.4. The number of nitrogens with one attached hydrogen (secondary N) is 2. The fourth-order valence-electron chi connectivity index (χ4n) is 1.75. The summed E-state index contributed by atoms with van der Waals surface area (Å²) in [7, 11) is 0. The largest absolute Gasteiger partial charge is 0.464 e. The van der Waals surface area contributed by atoms with Crippen molar-refractivity contribution < 1.29 is 28.9 Å². The lowest BCUT2D eigenvalue weighted by Gasteiger charge is -2.19. The van der Waals surface area contributed by atoms with Gasteiger partial charge in [-0.2, -0.15) is 0 Å². The number of hydrogen-bond donors (Lipinski definition) is 3. The molecule has 24 heavy (non-hydrogen) atoms. The summed E-state index contributed by atoms with van der Waals surface area (Å²) in [6.07, 6.45) is 1.60. The van der Waals surface area contributed by atoms with E-state index in [0.29, 0.717) is 13.2 Å². The van der Waals surface area contributed by atoms with Gasteiger partial charge in [0.15, 0.2) is 0 Å². The summed E-state index contributed by atoms with van der Waals surface area (Å²) < 4.78 is 16.4. The smallest absolute Gasteiger partial charge is 0.426 e. The number of hydrazine groups is 1. The number of hydrogen-bond acceptors (Lipinski definition) is 5. The van der Waals surface area contributed by atoms with Gasteiger partial charge >= 0.3 is 12.2 Å². The van der Waals surface area contributed by atoms with Crippen LogP contribution in [0.25, 0.3) is 0 Å². The van der Waals surface area contributed by atoms with Gasteiger partial charge in [-0.15, -0.1) is 0 Å². The highest BCUT2D eigenvalue weighted by molar-refractivity contribution is 5.72. The number of carbonyl (C=O) groups excluding carboxylic acids is 1. The molecule has 0 bridgehead atoms. The van der Waals surface area contributed by atoms with E-state index in [1.54, 1.807) is 5.43 Å². The number of rotatable bonds is 12. The highest BCUT2D eigenvalue weighted by Crippen LogP contribution is 2.12. The van der Waals surface area contributed by atoms with Crippen LogP contribution in [0.1, 0.15) is 53.4 Å². The topological polar surface area (TPSA) is 106 Å². The van der Waals surface area contributed by atoms with Gasteiger partial charge in [-0.25, -0.2) is 20.4 Å². The Kier molecular flexibility index (Phi) is 13.0. The molecule has 2 atom stereocenters. The van der Waals surface area contributed by atoms with E-state index >= 15 is 0 Å². The van der Waals surface area contributed by atoms with Gasteiger partial charge in [0.2, 0.25) is 0 Å². The van der Waals surface area contributed by atoms with Crippen molar-refractivity contribution in [1.82, 2.24) is 10.9 Å². The maximum absolute atomic E-state index is 11.4. The zero-order valence-electron chi connectivity index (χ0n) is 15.2. The lowest BCUT2D eigenvalue weighted by Crippen LogP contribution is -2.41. The third-order valence-corrected chi connectivity index (χ3v) is 3.73. The molecule has 0 heterocycles. The monoisotopic (exact) mass is 348 g/mol. The van der Waals surface area contributed by atoms with Gasteiger partial charge in [-0.3, -0.25) is 0 Å². The van der Waals surface area contributed by atoms with Crippen LogP contribution in [0.15, 0.2) is 0 Å². The first-order chi connectivity index (χ1) is 11.4. The average molecular weight is 348 g/mol.